The van der Waals surface area contributed by atoms with Gasteiger partial charge in [-0.1, -0.05) is 31.5 Å². The Labute approximate surface area is 105 Å². The van der Waals surface area contributed by atoms with E-state index in [0.717, 1.165) is 24.0 Å². The number of aryl methyl sites for hydroxylation is 1. The summed E-state index contributed by atoms with van der Waals surface area (Å²) in [6, 6.07) is 6.46. The standard InChI is InChI=1S/C15H23NO/c1-5-7-13(3)16(4)10-15-12(2)8-6-9-14(15)11-17/h6,8-9,11,13H,5,7,10H2,1-4H3. The van der Waals surface area contributed by atoms with Crippen molar-refractivity contribution in [2.45, 2.75) is 46.2 Å². The molecule has 0 radical (unpaired) electrons. The van der Waals surface area contributed by atoms with Gasteiger partial charge in [0, 0.05) is 18.2 Å². The summed E-state index contributed by atoms with van der Waals surface area (Å²) >= 11 is 0. The van der Waals surface area contributed by atoms with Crippen LogP contribution in [0.2, 0.25) is 0 Å². The van der Waals surface area contributed by atoms with Gasteiger partial charge in [-0.2, -0.15) is 0 Å². The molecule has 94 valence electrons. The number of carbonyl (C=O) groups is 1. The Hall–Kier alpha value is -1.15. The lowest BCUT2D eigenvalue weighted by Crippen LogP contribution is -2.29. The molecule has 2 heteroatoms. The molecular weight excluding hydrogens is 210 g/mol. The second-order valence-corrected chi connectivity index (χ2v) is 4.81. The number of nitrogens with zero attached hydrogens (tertiary/aromatic N) is 1. The minimum absolute atomic E-state index is 0.555. The van der Waals surface area contributed by atoms with Gasteiger partial charge >= 0.3 is 0 Å². The summed E-state index contributed by atoms with van der Waals surface area (Å²) in [7, 11) is 2.13. The van der Waals surface area contributed by atoms with Crippen LogP contribution < -0.4 is 0 Å². The average molecular weight is 233 g/mol. The summed E-state index contributed by atoms with van der Waals surface area (Å²) in [5.74, 6) is 0. The SMILES string of the molecule is CCCC(C)N(C)Cc1c(C)cccc1C=O. The van der Waals surface area contributed by atoms with Crippen LogP contribution >= 0.6 is 0 Å². The molecular formula is C15H23NO. The van der Waals surface area contributed by atoms with E-state index in [9.17, 15) is 4.79 Å². The molecule has 1 rings (SSSR count). The Morgan fingerprint density at radius 1 is 1.41 bits per heavy atom. The highest BCUT2D eigenvalue weighted by Gasteiger charge is 2.12. The lowest BCUT2D eigenvalue weighted by molar-refractivity contribution is 0.112. The van der Waals surface area contributed by atoms with Gasteiger partial charge in [-0.05, 0) is 38.4 Å². The number of hydrogen-bond acceptors (Lipinski definition) is 2. The van der Waals surface area contributed by atoms with E-state index in [1.807, 2.05) is 12.1 Å². The normalized spacial score (nSPS) is 12.8. The third kappa shape index (κ3) is 3.67. The molecule has 1 unspecified atom stereocenters. The first kappa shape index (κ1) is 13.9. The van der Waals surface area contributed by atoms with E-state index in [4.69, 9.17) is 0 Å². The van der Waals surface area contributed by atoms with Gasteiger partial charge in [0.25, 0.3) is 0 Å². The molecule has 0 saturated heterocycles. The molecule has 0 aliphatic heterocycles. The number of rotatable bonds is 6. The van der Waals surface area contributed by atoms with E-state index in [0.29, 0.717) is 6.04 Å². The molecule has 0 heterocycles. The molecule has 0 bridgehead atoms. The minimum Gasteiger partial charge on any atom is -0.299 e. The molecule has 0 aliphatic rings. The van der Waals surface area contributed by atoms with Gasteiger partial charge in [0.15, 0.2) is 0 Å². The van der Waals surface area contributed by atoms with Crippen molar-refractivity contribution in [3.8, 4) is 0 Å². The Morgan fingerprint density at radius 3 is 2.71 bits per heavy atom. The molecule has 0 fully saturated rings. The average Bonchev–Trinajstić information content (AvgIpc) is 2.31. The van der Waals surface area contributed by atoms with Gasteiger partial charge in [-0.15, -0.1) is 0 Å². The lowest BCUT2D eigenvalue weighted by atomic mass is 10.0. The van der Waals surface area contributed by atoms with E-state index in [1.54, 1.807) is 0 Å². The van der Waals surface area contributed by atoms with Crippen LogP contribution in [0.15, 0.2) is 18.2 Å². The highest BCUT2D eigenvalue weighted by atomic mass is 16.1. The summed E-state index contributed by atoms with van der Waals surface area (Å²) in [6.07, 6.45) is 3.35. The predicted octanol–water partition coefficient (Wildman–Crippen LogP) is 3.43. The van der Waals surface area contributed by atoms with Crippen LogP contribution in [0.4, 0.5) is 0 Å². The summed E-state index contributed by atoms with van der Waals surface area (Å²) in [4.78, 5) is 13.4. The fourth-order valence-corrected chi connectivity index (χ4v) is 2.09. The van der Waals surface area contributed by atoms with Gasteiger partial charge in [-0.25, -0.2) is 0 Å². The first-order valence-corrected chi connectivity index (χ1v) is 6.34. The third-order valence-corrected chi connectivity index (χ3v) is 3.44. The molecule has 1 aromatic carbocycles. The minimum atomic E-state index is 0.555. The lowest BCUT2D eigenvalue weighted by Gasteiger charge is -2.25. The van der Waals surface area contributed by atoms with Crippen molar-refractivity contribution in [1.82, 2.24) is 4.90 Å². The van der Waals surface area contributed by atoms with Crippen molar-refractivity contribution in [1.29, 1.82) is 0 Å². The van der Waals surface area contributed by atoms with Gasteiger partial charge in [0.2, 0.25) is 0 Å². The number of hydrogen-bond donors (Lipinski definition) is 0. The first-order valence-electron chi connectivity index (χ1n) is 6.34. The zero-order chi connectivity index (χ0) is 12.8. The molecule has 0 aliphatic carbocycles. The van der Waals surface area contributed by atoms with Crippen LogP contribution in [-0.2, 0) is 6.54 Å². The van der Waals surface area contributed by atoms with E-state index in [2.05, 4.69) is 38.8 Å². The molecule has 0 amide bonds. The molecule has 0 N–H and O–H groups in total. The summed E-state index contributed by atoms with van der Waals surface area (Å²) in [5.41, 5.74) is 3.18. The van der Waals surface area contributed by atoms with Crippen LogP contribution in [0, 0.1) is 6.92 Å². The van der Waals surface area contributed by atoms with Crippen molar-refractivity contribution in [3.05, 3.63) is 34.9 Å². The quantitative estimate of drug-likeness (QED) is 0.702. The van der Waals surface area contributed by atoms with E-state index in [1.165, 1.54) is 18.4 Å². The van der Waals surface area contributed by atoms with Gasteiger partial charge < -0.3 is 0 Å². The fourth-order valence-electron chi connectivity index (χ4n) is 2.09. The zero-order valence-corrected chi connectivity index (χ0v) is 11.4. The molecule has 1 atom stereocenters. The number of aldehydes is 1. The number of carbonyl (C=O) groups excluding carboxylic acids is 1. The van der Waals surface area contributed by atoms with Crippen molar-refractivity contribution >= 4 is 6.29 Å². The van der Waals surface area contributed by atoms with Crippen molar-refractivity contribution in [3.63, 3.8) is 0 Å². The maximum Gasteiger partial charge on any atom is 0.150 e. The Bertz CT molecular complexity index is 373. The second-order valence-electron chi connectivity index (χ2n) is 4.81. The van der Waals surface area contributed by atoms with Crippen LogP contribution in [0.25, 0.3) is 0 Å². The Balaban J connectivity index is 2.83. The maximum absolute atomic E-state index is 11.0. The number of benzene rings is 1. The largest absolute Gasteiger partial charge is 0.299 e. The van der Waals surface area contributed by atoms with Crippen molar-refractivity contribution < 1.29 is 4.79 Å². The van der Waals surface area contributed by atoms with Crippen LogP contribution in [0.5, 0.6) is 0 Å². The highest BCUT2D eigenvalue weighted by Crippen LogP contribution is 2.17. The van der Waals surface area contributed by atoms with Crippen LogP contribution in [-0.4, -0.2) is 24.3 Å². The van der Waals surface area contributed by atoms with E-state index < -0.39 is 0 Å². The van der Waals surface area contributed by atoms with Crippen LogP contribution in [0.1, 0.15) is 48.2 Å². The van der Waals surface area contributed by atoms with E-state index >= 15 is 0 Å². The molecule has 0 aromatic heterocycles. The molecule has 0 spiro atoms. The highest BCUT2D eigenvalue weighted by molar-refractivity contribution is 5.77. The third-order valence-electron chi connectivity index (χ3n) is 3.44. The summed E-state index contributed by atoms with van der Waals surface area (Å²) in [6.45, 7) is 7.36. The Morgan fingerprint density at radius 2 is 2.12 bits per heavy atom. The summed E-state index contributed by atoms with van der Waals surface area (Å²) < 4.78 is 0. The van der Waals surface area contributed by atoms with Gasteiger partial charge in [0.05, 0.1) is 0 Å². The van der Waals surface area contributed by atoms with E-state index in [-0.39, 0.29) is 0 Å². The zero-order valence-electron chi connectivity index (χ0n) is 11.4. The molecule has 17 heavy (non-hydrogen) atoms. The monoisotopic (exact) mass is 233 g/mol. The van der Waals surface area contributed by atoms with Gasteiger partial charge in [0.1, 0.15) is 6.29 Å². The van der Waals surface area contributed by atoms with Gasteiger partial charge in [-0.3, -0.25) is 9.69 Å². The van der Waals surface area contributed by atoms with Crippen LogP contribution in [0.3, 0.4) is 0 Å². The predicted molar refractivity (Wildman–Crippen MR) is 72.4 cm³/mol. The van der Waals surface area contributed by atoms with Crippen molar-refractivity contribution in [2.24, 2.45) is 0 Å². The maximum atomic E-state index is 11.0. The Kier molecular flexibility index (Phi) is 5.36. The first-order chi connectivity index (χ1) is 8.10. The fraction of sp³-hybridized carbons (Fsp3) is 0.533. The summed E-state index contributed by atoms with van der Waals surface area (Å²) in [5, 5.41) is 0. The second kappa shape index (κ2) is 6.55. The molecule has 0 saturated carbocycles. The molecule has 1 aromatic rings. The smallest absolute Gasteiger partial charge is 0.150 e. The molecule has 2 nitrogen and oxygen atoms in total. The topological polar surface area (TPSA) is 20.3 Å². The van der Waals surface area contributed by atoms with Crippen molar-refractivity contribution in [2.75, 3.05) is 7.05 Å².